The van der Waals surface area contributed by atoms with Crippen LogP contribution in [-0.2, 0) is 0 Å². The maximum Gasteiger partial charge on any atom is 0.161 e. The van der Waals surface area contributed by atoms with Crippen LogP contribution in [0.4, 0.5) is 0 Å². The summed E-state index contributed by atoms with van der Waals surface area (Å²) in [6.45, 7) is 10.1. The highest BCUT2D eigenvalue weighted by atomic mass is 16.6. The summed E-state index contributed by atoms with van der Waals surface area (Å²) >= 11 is 0. The SMILES string of the molecule is CC(C)(C)C.c1ccc2c(c1)OCCO2. The van der Waals surface area contributed by atoms with Crippen LogP contribution in [0, 0.1) is 5.41 Å². The second-order valence-electron chi connectivity index (χ2n) is 5.14. The number of ether oxygens (including phenoxy) is 2. The largest absolute Gasteiger partial charge is 0.486 e. The lowest BCUT2D eigenvalue weighted by Crippen LogP contribution is -2.14. The van der Waals surface area contributed by atoms with E-state index < -0.39 is 0 Å². The average Bonchev–Trinajstić information content (AvgIpc) is 2.16. The van der Waals surface area contributed by atoms with Crippen molar-refractivity contribution in [1.29, 1.82) is 0 Å². The van der Waals surface area contributed by atoms with Gasteiger partial charge in [-0.2, -0.15) is 0 Å². The summed E-state index contributed by atoms with van der Waals surface area (Å²) in [7, 11) is 0. The van der Waals surface area contributed by atoms with Crippen LogP contribution < -0.4 is 9.47 Å². The van der Waals surface area contributed by atoms with E-state index in [1.54, 1.807) is 0 Å². The Hall–Kier alpha value is -1.18. The predicted octanol–water partition coefficient (Wildman–Crippen LogP) is 3.51. The first-order valence-corrected chi connectivity index (χ1v) is 5.31. The van der Waals surface area contributed by atoms with Crippen LogP contribution in [0.1, 0.15) is 27.7 Å². The Morgan fingerprint density at radius 1 is 0.867 bits per heavy atom. The first-order chi connectivity index (χ1) is 6.97. The van der Waals surface area contributed by atoms with Crippen molar-refractivity contribution < 1.29 is 9.47 Å². The molecule has 0 unspecified atom stereocenters. The van der Waals surface area contributed by atoms with Gasteiger partial charge >= 0.3 is 0 Å². The molecule has 2 rings (SSSR count). The van der Waals surface area contributed by atoms with Gasteiger partial charge in [-0.1, -0.05) is 39.8 Å². The Morgan fingerprint density at radius 2 is 1.20 bits per heavy atom. The molecule has 1 heterocycles. The van der Waals surface area contributed by atoms with Crippen molar-refractivity contribution >= 4 is 0 Å². The molecule has 0 spiro atoms. The third-order valence-corrected chi connectivity index (χ3v) is 1.45. The number of benzene rings is 1. The molecule has 0 atom stereocenters. The Kier molecular flexibility index (Phi) is 4.01. The molecular weight excluding hydrogens is 188 g/mol. The lowest BCUT2D eigenvalue weighted by atomic mass is 10.0. The summed E-state index contributed by atoms with van der Waals surface area (Å²) < 4.78 is 10.6. The Morgan fingerprint density at radius 3 is 1.53 bits per heavy atom. The monoisotopic (exact) mass is 208 g/mol. The standard InChI is InChI=1S/C8H8O2.C5H12/c1-2-4-8-7(3-1)9-5-6-10-8;1-5(2,3)4/h1-4H,5-6H2;1-4H3. The highest BCUT2D eigenvalue weighted by Crippen LogP contribution is 2.28. The first kappa shape index (κ1) is 11.9. The van der Waals surface area contributed by atoms with Gasteiger partial charge in [0.25, 0.3) is 0 Å². The molecule has 0 saturated carbocycles. The molecule has 0 N–H and O–H groups in total. The Balaban J connectivity index is 0.000000195. The van der Waals surface area contributed by atoms with Crippen molar-refractivity contribution in [1.82, 2.24) is 0 Å². The van der Waals surface area contributed by atoms with Crippen LogP contribution in [-0.4, -0.2) is 13.2 Å². The minimum absolute atomic E-state index is 0.500. The van der Waals surface area contributed by atoms with Crippen LogP contribution in [0.2, 0.25) is 0 Å². The van der Waals surface area contributed by atoms with E-state index in [-0.39, 0.29) is 0 Å². The molecule has 1 aliphatic heterocycles. The summed E-state index contributed by atoms with van der Waals surface area (Å²) in [5.41, 5.74) is 0.500. The van der Waals surface area contributed by atoms with Gasteiger partial charge in [-0.15, -0.1) is 0 Å². The van der Waals surface area contributed by atoms with Crippen molar-refractivity contribution in [3.8, 4) is 11.5 Å². The zero-order valence-electron chi connectivity index (χ0n) is 10.0. The number of para-hydroxylation sites is 2. The minimum atomic E-state index is 0.500. The van der Waals surface area contributed by atoms with Gasteiger partial charge in [0.15, 0.2) is 11.5 Å². The fourth-order valence-corrected chi connectivity index (χ4v) is 0.992. The topological polar surface area (TPSA) is 18.5 Å². The molecule has 0 aliphatic carbocycles. The third-order valence-electron chi connectivity index (χ3n) is 1.45. The van der Waals surface area contributed by atoms with Crippen LogP contribution in [0.3, 0.4) is 0 Å². The molecule has 84 valence electrons. The Bertz CT molecular complexity index is 269. The van der Waals surface area contributed by atoms with Gasteiger partial charge in [0.05, 0.1) is 0 Å². The molecule has 0 amide bonds. The molecule has 1 aliphatic rings. The van der Waals surface area contributed by atoms with Gasteiger partial charge in [-0.05, 0) is 17.5 Å². The smallest absolute Gasteiger partial charge is 0.161 e. The fourth-order valence-electron chi connectivity index (χ4n) is 0.992. The van der Waals surface area contributed by atoms with Crippen LogP contribution in [0.15, 0.2) is 24.3 Å². The molecule has 0 aromatic heterocycles. The molecule has 2 heteroatoms. The molecule has 0 saturated heterocycles. The van der Waals surface area contributed by atoms with Crippen LogP contribution in [0.25, 0.3) is 0 Å². The molecule has 0 bridgehead atoms. The van der Waals surface area contributed by atoms with Gasteiger partial charge in [-0.3, -0.25) is 0 Å². The van der Waals surface area contributed by atoms with E-state index in [0.29, 0.717) is 18.6 Å². The predicted molar refractivity (Wildman–Crippen MR) is 62.6 cm³/mol. The normalized spacial score (nSPS) is 13.9. The summed E-state index contributed by atoms with van der Waals surface area (Å²) in [6, 6.07) is 7.70. The number of rotatable bonds is 0. The number of fused-ring (bicyclic) bond motifs is 1. The van der Waals surface area contributed by atoms with E-state index in [2.05, 4.69) is 27.7 Å². The molecule has 0 fully saturated rings. The maximum atomic E-state index is 5.30. The van der Waals surface area contributed by atoms with Crippen molar-refractivity contribution in [3.05, 3.63) is 24.3 Å². The lowest BCUT2D eigenvalue weighted by Gasteiger charge is -2.17. The van der Waals surface area contributed by atoms with Gasteiger partial charge < -0.3 is 9.47 Å². The lowest BCUT2D eigenvalue weighted by molar-refractivity contribution is 0.171. The third kappa shape index (κ3) is 5.31. The van der Waals surface area contributed by atoms with E-state index in [1.165, 1.54) is 0 Å². The van der Waals surface area contributed by atoms with Gasteiger partial charge in [-0.25, -0.2) is 0 Å². The molecule has 1 aromatic rings. The van der Waals surface area contributed by atoms with E-state index in [4.69, 9.17) is 9.47 Å². The highest BCUT2D eigenvalue weighted by molar-refractivity contribution is 5.40. The second kappa shape index (κ2) is 5.06. The van der Waals surface area contributed by atoms with Crippen molar-refractivity contribution in [3.63, 3.8) is 0 Å². The molecular formula is C13H20O2. The van der Waals surface area contributed by atoms with Crippen LogP contribution >= 0.6 is 0 Å². The van der Waals surface area contributed by atoms with E-state index >= 15 is 0 Å². The van der Waals surface area contributed by atoms with Crippen molar-refractivity contribution in [2.45, 2.75) is 27.7 Å². The van der Waals surface area contributed by atoms with E-state index in [1.807, 2.05) is 24.3 Å². The zero-order chi connectivity index (χ0) is 11.3. The highest BCUT2D eigenvalue weighted by Gasteiger charge is 2.07. The van der Waals surface area contributed by atoms with Crippen molar-refractivity contribution in [2.75, 3.05) is 13.2 Å². The quantitative estimate of drug-likeness (QED) is 0.649. The summed E-state index contributed by atoms with van der Waals surface area (Å²) in [5.74, 6) is 1.71. The summed E-state index contributed by atoms with van der Waals surface area (Å²) in [5, 5.41) is 0. The fraction of sp³-hybridized carbons (Fsp3) is 0.538. The van der Waals surface area contributed by atoms with Gasteiger partial charge in [0, 0.05) is 0 Å². The van der Waals surface area contributed by atoms with E-state index in [0.717, 1.165) is 11.5 Å². The minimum Gasteiger partial charge on any atom is -0.486 e. The number of hydrogen-bond donors (Lipinski definition) is 0. The zero-order valence-corrected chi connectivity index (χ0v) is 10.0. The van der Waals surface area contributed by atoms with Crippen LogP contribution in [0.5, 0.6) is 11.5 Å². The number of hydrogen-bond acceptors (Lipinski definition) is 2. The average molecular weight is 208 g/mol. The molecule has 0 radical (unpaired) electrons. The first-order valence-electron chi connectivity index (χ1n) is 5.31. The Labute approximate surface area is 92.2 Å². The second-order valence-corrected chi connectivity index (χ2v) is 5.14. The molecule has 15 heavy (non-hydrogen) atoms. The van der Waals surface area contributed by atoms with Gasteiger partial charge in [0.1, 0.15) is 13.2 Å². The molecule has 2 nitrogen and oxygen atoms in total. The van der Waals surface area contributed by atoms with E-state index in [9.17, 15) is 0 Å². The van der Waals surface area contributed by atoms with Crippen molar-refractivity contribution in [2.24, 2.45) is 5.41 Å². The summed E-state index contributed by atoms with van der Waals surface area (Å²) in [4.78, 5) is 0. The summed E-state index contributed by atoms with van der Waals surface area (Å²) in [6.07, 6.45) is 0. The van der Waals surface area contributed by atoms with Gasteiger partial charge in [0.2, 0.25) is 0 Å². The molecule has 1 aromatic carbocycles. The maximum absolute atomic E-state index is 5.30.